The van der Waals surface area contributed by atoms with Gasteiger partial charge in [-0.2, -0.15) is 0 Å². The van der Waals surface area contributed by atoms with E-state index < -0.39 is 0 Å². The highest BCUT2D eigenvalue weighted by atomic mass is 32.1. The van der Waals surface area contributed by atoms with E-state index in [9.17, 15) is 4.79 Å². The van der Waals surface area contributed by atoms with Crippen molar-refractivity contribution in [2.75, 3.05) is 7.11 Å². The van der Waals surface area contributed by atoms with Crippen molar-refractivity contribution in [2.45, 2.75) is 53.2 Å². The Hall–Kier alpha value is -4.05. The minimum atomic E-state index is -0.318. The zero-order chi connectivity index (χ0) is 26.8. The van der Waals surface area contributed by atoms with Crippen LogP contribution in [0.2, 0.25) is 0 Å². The second-order valence-corrected chi connectivity index (χ2v) is 10.4. The van der Waals surface area contributed by atoms with Crippen molar-refractivity contribution < 1.29 is 14.3 Å². The number of nitrogens with zero attached hydrogens (tertiary/aromatic N) is 5. The van der Waals surface area contributed by atoms with E-state index in [2.05, 4.69) is 70.2 Å². The van der Waals surface area contributed by atoms with E-state index in [4.69, 9.17) is 14.5 Å². The summed E-state index contributed by atoms with van der Waals surface area (Å²) >= 11 is 1.44. The maximum absolute atomic E-state index is 12.2. The SMILES string of the molecule is CCc1nc2c(C)c(C(=O)OC)sc2n1Cc1ccc(OCc2ccc(-c3nnn[nH]3)cc2C(C)C)cc1. The molecular formula is C28H30N6O3S. The first-order chi connectivity index (χ1) is 18.4. The molecule has 0 aliphatic carbocycles. The predicted octanol–water partition coefficient (Wildman–Crippen LogP) is 5.69. The molecule has 5 aromatic rings. The van der Waals surface area contributed by atoms with Crippen LogP contribution in [0.25, 0.3) is 21.7 Å². The number of hydrogen-bond acceptors (Lipinski definition) is 8. The Morgan fingerprint density at radius 1 is 1.16 bits per heavy atom. The molecule has 10 heteroatoms. The lowest BCUT2D eigenvalue weighted by Gasteiger charge is -2.15. The lowest BCUT2D eigenvalue weighted by atomic mass is 9.95. The maximum atomic E-state index is 12.2. The van der Waals surface area contributed by atoms with Crippen LogP contribution in [0.1, 0.15) is 64.4 Å². The molecule has 0 fully saturated rings. The molecule has 0 radical (unpaired) electrons. The third-order valence-corrected chi connectivity index (χ3v) is 7.91. The summed E-state index contributed by atoms with van der Waals surface area (Å²) in [5.74, 6) is 2.46. The molecule has 0 bridgehead atoms. The summed E-state index contributed by atoms with van der Waals surface area (Å²) in [6.45, 7) is 9.48. The molecule has 0 aliphatic heterocycles. The van der Waals surface area contributed by atoms with Gasteiger partial charge in [0.2, 0.25) is 0 Å². The number of aryl methyl sites for hydroxylation is 2. The number of hydrogen-bond donors (Lipinski definition) is 1. The Morgan fingerprint density at radius 3 is 2.61 bits per heavy atom. The fraction of sp³-hybridized carbons (Fsp3) is 0.321. The molecule has 0 unspecified atom stereocenters. The Labute approximate surface area is 224 Å². The number of tetrazole rings is 1. The lowest BCUT2D eigenvalue weighted by Crippen LogP contribution is -2.05. The number of rotatable bonds is 9. The van der Waals surface area contributed by atoms with Gasteiger partial charge < -0.3 is 14.0 Å². The fourth-order valence-electron chi connectivity index (χ4n) is 4.56. The second kappa shape index (κ2) is 10.7. The van der Waals surface area contributed by atoms with E-state index in [0.29, 0.717) is 29.8 Å². The van der Waals surface area contributed by atoms with E-state index in [1.165, 1.54) is 24.0 Å². The number of fused-ring (bicyclic) bond motifs is 1. The topological polar surface area (TPSA) is 108 Å². The van der Waals surface area contributed by atoms with Gasteiger partial charge in [-0.25, -0.2) is 14.9 Å². The summed E-state index contributed by atoms with van der Waals surface area (Å²) in [7, 11) is 1.41. The number of benzene rings is 2. The van der Waals surface area contributed by atoms with Crippen LogP contribution < -0.4 is 4.74 Å². The van der Waals surface area contributed by atoms with Gasteiger partial charge in [0.1, 0.15) is 33.4 Å². The maximum Gasteiger partial charge on any atom is 0.348 e. The summed E-state index contributed by atoms with van der Waals surface area (Å²) in [6, 6.07) is 14.3. The normalized spacial score (nSPS) is 11.4. The number of esters is 1. The first-order valence-corrected chi connectivity index (χ1v) is 13.4. The van der Waals surface area contributed by atoms with Crippen molar-refractivity contribution in [3.63, 3.8) is 0 Å². The molecule has 38 heavy (non-hydrogen) atoms. The van der Waals surface area contributed by atoms with Gasteiger partial charge in [0, 0.05) is 17.5 Å². The Bertz CT molecular complexity index is 1570. The van der Waals surface area contributed by atoms with Crippen LogP contribution in [0.5, 0.6) is 5.75 Å². The zero-order valence-corrected chi connectivity index (χ0v) is 22.9. The third-order valence-electron chi connectivity index (χ3n) is 6.63. The Kier molecular flexibility index (Phi) is 7.24. The van der Waals surface area contributed by atoms with Gasteiger partial charge in [0.05, 0.1) is 13.7 Å². The highest BCUT2D eigenvalue weighted by molar-refractivity contribution is 7.20. The van der Waals surface area contributed by atoms with Crippen LogP contribution >= 0.6 is 11.3 Å². The monoisotopic (exact) mass is 530 g/mol. The van der Waals surface area contributed by atoms with Crippen LogP contribution in [-0.2, 0) is 24.3 Å². The summed E-state index contributed by atoms with van der Waals surface area (Å²) in [5, 5.41) is 14.2. The first kappa shape index (κ1) is 25.6. The van der Waals surface area contributed by atoms with Gasteiger partial charge in [-0.05, 0) is 58.2 Å². The standard InChI is InChI=1S/C28H30N6O3S/c1-6-23-29-24-17(4)25(28(35)36-5)38-27(24)34(23)14-18-7-11-21(12-8-18)37-15-20-10-9-19(13-22(20)16(2)3)26-30-32-33-31-26/h7-13,16H,6,14-15H2,1-5H3,(H,30,31,32,33). The van der Waals surface area contributed by atoms with E-state index in [1.807, 2.05) is 25.1 Å². The van der Waals surface area contributed by atoms with Gasteiger partial charge in [0.25, 0.3) is 0 Å². The number of nitrogens with one attached hydrogen (secondary N) is 1. The summed E-state index contributed by atoms with van der Waals surface area (Å²) in [4.78, 5) is 18.6. The largest absolute Gasteiger partial charge is 0.489 e. The van der Waals surface area contributed by atoms with Crippen molar-refractivity contribution in [1.29, 1.82) is 0 Å². The molecule has 9 nitrogen and oxygen atoms in total. The highest BCUT2D eigenvalue weighted by Gasteiger charge is 2.22. The van der Waals surface area contributed by atoms with E-state index in [-0.39, 0.29) is 5.97 Å². The fourth-order valence-corrected chi connectivity index (χ4v) is 5.74. The smallest absolute Gasteiger partial charge is 0.348 e. The molecule has 2 aromatic carbocycles. The number of aromatic nitrogens is 6. The average Bonchev–Trinajstić information content (AvgIpc) is 3.66. The molecule has 1 N–H and O–H groups in total. The van der Waals surface area contributed by atoms with Crippen LogP contribution in [0, 0.1) is 6.92 Å². The molecule has 3 aromatic heterocycles. The number of carbonyl (C=O) groups excluding carboxylic acids is 1. The number of thiophene rings is 1. The average molecular weight is 531 g/mol. The molecule has 0 saturated carbocycles. The molecule has 0 saturated heterocycles. The van der Waals surface area contributed by atoms with Crippen LogP contribution in [0.4, 0.5) is 0 Å². The Morgan fingerprint density at radius 2 is 1.95 bits per heavy atom. The highest BCUT2D eigenvalue weighted by Crippen LogP contribution is 2.33. The summed E-state index contributed by atoms with van der Waals surface area (Å²) in [5.41, 5.74) is 6.16. The van der Waals surface area contributed by atoms with Crippen molar-refractivity contribution in [1.82, 2.24) is 30.2 Å². The predicted molar refractivity (Wildman–Crippen MR) is 147 cm³/mol. The van der Waals surface area contributed by atoms with Crippen LogP contribution in [0.3, 0.4) is 0 Å². The number of imidazole rings is 1. The van der Waals surface area contributed by atoms with E-state index in [1.54, 1.807) is 0 Å². The summed E-state index contributed by atoms with van der Waals surface area (Å²) < 4.78 is 13.3. The number of aromatic amines is 1. The first-order valence-electron chi connectivity index (χ1n) is 12.5. The molecule has 3 heterocycles. The second-order valence-electron chi connectivity index (χ2n) is 9.42. The molecule has 0 amide bonds. The van der Waals surface area contributed by atoms with Crippen molar-refractivity contribution in [3.05, 3.63) is 75.4 Å². The Balaban J connectivity index is 1.32. The van der Waals surface area contributed by atoms with E-state index >= 15 is 0 Å². The van der Waals surface area contributed by atoms with Gasteiger partial charge in [-0.3, -0.25) is 0 Å². The van der Waals surface area contributed by atoms with Crippen molar-refractivity contribution in [3.8, 4) is 17.1 Å². The zero-order valence-electron chi connectivity index (χ0n) is 22.1. The van der Waals surface area contributed by atoms with Crippen molar-refractivity contribution >= 4 is 27.7 Å². The molecule has 0 aliphatic rings. The third kappa shape index (κ3) is 4.91. The lowest BCUT2D eigenvalue weighted by molar-refractivity contribution is 0.0605. The number of methoxy groups -OCH3 is 1. The minimum Gasteiger partial charge on any atom is -0.489 e. The van der Waals surface area contributed by atoms with Crippen LogP contribution in [-0.4, -0.2) is 43.3 Å². The minimum absolute atomic E-state index is 0.318. The summed E-state index contributed by atoms with van der Waals surface area (Å²) in [6.07, 6.45) is 0.805. The van der Waals surface area contributed by atoms with Crippen molar-refractivity contribution in [2.24, 2.45) is 0 Å². The molecular weight excluding hydrogens is 500 g/mol. The van der Waals surface area contributed by atoms with Gasteiger partial charge in [0.15, 0.2) is 5.82 Å². The van der Waals surface area contributed by atoms with Gasteiger partial charge in [-0.15, -0.1) is 16.4 Å². The number of carbonyl (C=O) groups is 1. The molecule has 0 atom stereocenters. The van der Waals surface area contributed by atoms with Gasteiger partial charge >= 0.3 is 5.97 Å². The van der Waals surface area contributed by atoms with E-state index in [0.717, 1.165) is 50.6 Å². The van der Waals surface area contributed by atoms with Crippen LogP contribution in [0.15, 0.2) is 42.5 Å². The molecule has 5 rings (SSSR count). The number of ether oxygens (including phenoxy) is 2. The number of H-pyrrole nitrogens is 1. The molecule has 196 valence electrons. The van der Waals surface area contributed by atoms with Gasteiger partial charge in [-0.1, -0.05) is 45.0 Å². The molecule has 0 spiro atoms. The quantitative estimate of drug-likeness (QED) is 0.244.